The first-order valence-electron chi connectivity index (χ1n) is 9.67. The fraction of sp³-hybridized carbons (Fsp3) is 0.429. The molecule has 2 heterocycles. The average molecular weight is 396 g/mol. The number of carbonyl (C=O) groups is 1. The minimum Gasteiger partial charge on any atom is -0.310 e. The van der Waals surface area contributed by atoms with E-state index in [4.69, 9.17) is 0 Å². The summed E-state index contributed by atoms with van der Waals surface area (Å²) < 4.78 is 0. The van der Waals surface area contributed by atoms with Crippen LogP contribution >= 0.6 is 11.3 Å². The first-order valence-corrected chi connectivity index (χ1v) is 10.5. The van der Waals surface area contributed by atoms with E-state index in [-0.39, 0.29) is 11.8 Å². The van der Waals surface area contributed by atoms with E-state index in [0.29, 0.717) is 11.9 Å². The summed E-state index contributed by atoms with van der Waals surface area (Å²) in [5.41, 5.74) is 1.03. The maximum Gasteiger partial charge on any atom is 0.228 e. The van der Waals surface area contributed by atoms with Crippen LogP contribution in [0.3, 0.4) is 0 Å². The Labute approximate surface area is 169 Å². The highest BCUT2D eigenvalue weighted by Crippen LogP contribution is 2.29. The van der Waals surface area contributed by atoms with Crippen molar-refractivity contribution in [3.8, 4) is 10.6 Å². The molecule has 1 saturated carbocycles. The van der Waals surface area contributed by atoms with Crippen molar-refractivity contribution >= 4 is 33.8 Å². The van der Waals surface area contributed by atoms with Crippen molar-refractivity contribution in [2.24, 2.45) is 5.92 Å². The summed E-state index contributed by atoms with van der Waals surface area (Å²) >= 11 is 1.57. The predicted octanol–water partition coefficient (Wildman–Crippen LogP) is 4.12. The number of amides is 1. The lowest BCUT2D eigenvalue weighted by atomic mass is 9.85. The van der Waals surface area contributed by atoms with Gasteiger partial charge in [0.05, 0.1) is 0 Å². The molecule has 0 radical (unpaired) electrons. The van der Waals surface area contributed by atoms with Gasteiger partial charge in [-0.1, -0.05) is 23.5 Å². The van der Waals surface area contributed by atoms with Crippen molar-refractivity contribution in [2.45, 2.75) is 38.6 Å². The Morgan fingerprint density at radius 1 is 1.11 bits per heavy atom. The molecule has 0 atom stereocenters. The normalized spacial score (nSPS) is 19.9. The molecule has 2 aromatic heterocycles. The molecule has 1 aromatic carbocycles. The molecule has 4 rings (SSSR count). The fourth-order valence-corrected chi connectivity index (χ4v) is 4.53. The molecule has 146 valence electrons. The first kappa shape index (κ1) is 19.0. The summed E-state index contributed by atoms with van der Waals surface area (Å²) in [5, 5.41) is 15.3. The number of anilines is 1. The predicted molar refractivity (Wildman–Crippen MR) is 113 cm³/mol. The van der Waals surface area contributed by atoms with Gasteiger partial charge < -0.3 is 10.2 Å². The fourth-order valence-electron chi connectivity index (χ4n) is 3.84. The highest BCUT2D eigenvalue weighted by molar-refractivity contribution is 7.14. The van der Waals surface area contributed by atoms with E-state index in [1.165, 1.54) is 0 Å². The minimum atomic E-state index is 0.0735. The molecular weight excluding hydrogens is 370 g/mol. The van der Waals surface area contributed by atoms with Gasteiger partial charge in [0.25, 0.3) is 0 Å². The quantitative estimate of drug-likeness (QED) is 0.719. The molecule has 6 nitrogen and oxygen atoms in total. The number of hydrogen-bond acceptors (Lipinski definition) is 6. The third-order valence-electron chi connectivity index (χ3n) is 5.54. The second-order valence-electron chi connectivity index (χ2n) is 7.72. The van der Waals surface area contributed by atoms with Crippen LogP contribution in [0.5, 0.6) is 0 Å². The Hall–Kier alpha value is -2.38. The molecule has 0 unspecified atom stereocenters. The van der Waals surface area contributed by atoms with Gasteiger partial charge in [0, 0.05) is 29.1 Å². The lowest BCUT2D eigenvalue weighted by molar-refractivity contribution is -0.121. The number of nitrogens with one attached hydrogen (secondary N) is 1. The van der Waals surface area contributed by atoms with E-state index >= 15 is 0 Å². The van der Waals surface area contributed by atoms with Crippen LogP contribution < -0.4 is 5.32 Å². The Bertz CT molecular complexity index is 991. The van der Waals surface area contributed by atoms with Crippen LogP contribution in [0, 0.1) is 12.8 Å². The van der Waals surface area contributed by atoms with E-state index in [1.807, 2.05) is 31.3 Å². The summed E-state index contributed by atoms with van der Waals surface area (Å²) in [4.78, 5) is 19.4. The van der Waals surface area contributed by atoms with Crippen LogP contribution in [0.25, 0.3) is 21.3 Å². The third kappa shape index (κ3) is 4.05. The Kier molecular flexibility index (Phi) is 5.37. The third-order valence-corrected chi connectivity index (χ3v) is 6.43. The van der Waals surface area contributed by atoms with Gasteiger partial charge >= 0.3 is 0 Å². The topological polar surface area (TPSA) is 71.0 Å². The van der Waals surface area contributed by atoms with Gasteiger partial charge in [-0.05, 0) is 64.2 Å². The van der Waals surface area contributed by atoms with E-state index in [2.05, 4.69) is 45.6 Å². The zero-order chi connectivity index (χ0) is 19.7. The SMILES string of the molecule is Cc1nnc(-c2ccc3cnc(NC(=O)[C@H]4CC[C@H](N(C)C)CC4)cc3c2)s1. The monoisotopic (exact) mass is 395 g/mol. The van der Waals surface area contributed by atoms with Gasteiger partial charge in [-0.3, -0.25) is 4.79 Å². The van der Waals surface area contributed by atoms with Gasteiger partial charge in [-0.25, -0.2) is 4.98 Å². The molecular formula is C21H25N5OS. The van der Waals surface area contributed by atoms with Gasteiger partial charge in [-0.2, -0.15) is 0 Å². The van der Waals surface area contributed by atoms with Crippen molar-refractivity contribution in [2.75, 3.05) is 19.4 Å². The van der Waals surface area contributed by atoms with Crippen molar-refractivity contribution in [3.05, 3.63) is 35.5 Å². The molecule has 1 aliphatic rings. The van der Waals surface area contributed by atoms with E-state index in [0.717, 1.165) is 52.0 Å². The van der Waals surface area contributed by atoms with Crippen LogP contribution in [-0.2, 0) is 4.79 Å². The molecule has 7 heteroatoms. The smallest absolute Gasteiger partial charge is 0.228 e. The number of aromatic nitrogens is 3. The lowest BCUT2D eigenvalue weighted by Crippen LogP contribution is -2.35. The van der Waals surface area contributed by atoms with E-state index in [1.54, 1.807) is 11.3 Å². The number of nitrogens with zero attached hydrogens (tertiary/aromatic N) is 4. The number of benzene rings is 1. The number of pyridine rings is 1. The minimum absolute atomic E-state index is 0.0735. The summed E-state index contributed by atoms with van der Waals surface area (Å²) in [6.45, 7) is 1.95. The Balaban J connectivity index is 1.49. The zero-order valence-corrected chi connectivity index (χ0v) is 17.3. The molecule has 1 N–H and O–H groups in total. The summed E-state index contributed by atoms with van der Waals surface area (Å²) in [7, 11) is 4.23. The first-order chi connectivity index (χ1) is 13.5. The summed E-state index contributed by atoms with van der Waals surface area (Å²) in [6, 6.07) is 8.67. The molecule has 1 aliphatic carbocycles. The molecule has 3 aromatic rings. The Morgan fingerprint density at radius 3 is 2.57 bits per heavy atom. The largest absolute Gasteiger partial charge is 0.310 e. The highest BCUT2D eigenvalue weighted by atomic mass is 32.1. The van der Waals surface area contributed by atoms with Crippen LogP contribution in [0.1, 0.15) is 30.7 Å². The number of aryl methyl sites for hydroxylation is 1. The van der Waals surface area contributed by atoms with E-state index in [9.17, 15) is 4.79 Å². The zero-order valence-electron chi connectivity index (χ0n) is 16.5. The van der Waals surface area contributed by atoms with Crippen molar-refractivity contribution in [1.29, 1.82) is 0 Å². The molecule has 0 aliphatic heterocycles. The lowest BCUT2D eigenvalue weighted by Gasteiger charge is -2.31. The van der Waals surface area contributed by atoms with Crippen LogP contribution in [-0.4, -0.2) is 46.1 Å². The number of fused-ring (bicyclic) bond motifs is 1. The van der Waals surface area contributed by atoms with Crippen LogP contribution in [0.4, 0.5) is 5.82 Å². The second kappa shape index (κ2) is 7.93. The second-order valence-corrected chi connectivity index (χ2v) is 8.90. The van der Waals surface area contributed by atoms with E-state index < -0.39 is 0 Å². The molecule has 0 saturated heterocycles. The van der Waals surface area contributed by atoms with Gasteiger partial charge in [0.2, 0.25) is 5.91 Å². The molecule has 28 heavy (non-hydrogen) atoms. The maximum atomic E-state index is 12.7. The Morgan fingerprint density at radius 2 is 1.89 bits per heavy atom. The highest BCUT2D eigenvalue weighted by Gasteiger charge is 2.27. The van der Waals surface area contributed by atoms with Gasteiger partial charge in [0.15, 0.2) is 0 Å². The standard InChI is InChI=1S/C21H25N5OS/c1-13-24-25-21(28-13)15-4-5-16-12-22-19(11-17(16)10-15)23-20(27)14-6-8-18(9-7-14)26(2)3/h4-5,10-12,14,18H,6-9H2,1-3H3,(H,22,23,27)/t14-,18-. The number of rotatable bonds is 4. The maximum absolute atomic E-state index is 12.7. The molecule has 1 amide bonds. The van der Waals surface area contributed by atoms with Crippen molar-refractivity contribution < 1.29 is 4.79 Å². The van der Waals surface area contributed by atoms with Gasteiger partial charge in [0.1, 0.15) is 15.8 Å². The van der Waals surface area contributed by atoms with Gasteiger partial charge in [-0.15, -0.1) is 10.2 Å². The molecule has 0 spiro atoms. The van der Waals surface area contributed by atoms with Crippen LogP contribution in [0.2, 0.25) is 0 Å². The van der Waals surface area contributed by atoms with Crippen molar-refractivity contribution in [1.82, 2.24) is 20.1 Å². The number of hydrogen-bond donors (Lipinski definition) is 1. The average Bonchev–Trinajstić information content (AvgIpc) is 3.14. The van der Waals surface area contributed by atoms with Crippen molar-refractivity contribution in [3.63, 3.8) is 0 Å². The molecule has 0 bridgehead atoms. The van der Waals surface area contributed by atoms with Crippen LogP contribution in [0.15, 0.2) is 30.5 Å². The summed E-state index contributed by atoms with van der Waals surface area (Å²) in [5.74, 6) is 0.766. The number of carbonyl (C=O) groups excluding carboxylic acids is 1. The molecule has 1 fully saturated rings. The summed E-state index contributed by atoms with van der Waals surface area (Å²) in [6.07, 6.45) is 5.82.